The third-order valence-electron chi connectivity index (χ3n) is 5.39. The van der Waals surface area contributed by atoms with Gasteiger partial charge in [0.25, 0.3) is 0 Å². The Kier molecular flexibility index (Phi) is 4.77. The zero-order valence-corrected chi connectivity index (χ0v) is 16.1. The number of H-pyrrole nitrogens is 1. The first-order valence-electron chi connectivity index (χ1n) is 8.66. The minimum Gasteiger partial charge on any atom is -0.349 e. The molecule has 0 amide bonds. The Labute approximate surface area is 161 Å². The first kappa shape index (κ1) is 17.6. The summed E-state index contributed by atoms with van der Waals surface area (Å²) in [6.07, 6.45) is 4.80. The van der Waals surface area contributed by atoms with Gasteiger partial charge in [0, 0.05) is 42.7 Å². The lowest BCUT2D eigenvalue weighted by molar-refractivity contribution is -0.107. The Hall–Kier alpha value is -1.83. The molecule has 0 aliphatic carbocycles. The molecule has 0 saturated carbocycles. The number of aromatic nitrogens is 2. The zero-order valence-electron chi connectivity index (χ0n) is 14.6. The fourth-order valence-corrected chi connectivity index (χ4v) is 4.98. The SMILES string of the molecule is CN1CCC2CN(C(=N)SC(=[NH2+])c3ccc(-c4cn[nH]c4)cc3Cl)CC21. The maximum Gasteiger partial charge on any atom is 0.248 e. The van der Waals surface area contributed by atoms with E-state index < -0.39 is 0 Å². The summed E-state index contributed by atoms with van der Waals surface area (Å²) in [5.41, 5.74) is 2.73. The number of nitrogens with zero attached hydrogens (tertiary/aromatic N) is 3. The molecule has 6 nitrogen and oxygen atoms in total. The third-order valence-corrected chi connectivity index (χ3v) is 6.59. The second-order valence-electron chi connectivity index (χ2n) is 6.95. The first-order chi connectivity index (χ1) is 12.5. The van der Waals surface area contributed by atoms with Gasteiger partial charge < -0.3 is 9.80 Å². The van der Waals surface area contributed by atoms with Crippen LogP contribution < -0.4 is 5.41 Å². The molecule has 4 N–H and O–H groups in total. The number of fused-ring (bicyclic) bond motifs is 1. The Bertz CT molecular complexity index is 836. The summed E-state index contributed by atoms with van der Waals surface area (Å²) in [7, 11) is 2.17. The molecule has 26 heavy (non-hydrogen) atoms. The second-order valence-corrected chi connectivity index (χ2v) is 8.39. The van der Waals surface area contributed by atoms with Gasteiger partial charge in [-0.3, -0.25) is 10.5 Å². The lowest BCUT2D eigenvalue weighted by Gasteiger charge is -2.21. The maximum atomic E-state index is 8.45. The fourth-order valence-electron chi connectivity index (χ4n) is 3.87. The number of hydrogen-bond acceptors (Lipinski definition) is 4. The van der Waals surface area contributed by atoms with Crippen molar-refractivity contribution in [1.82, 2.24) is 20.0 Å². The molecular weight excluding hydrogens is 368 g/mol. The van der Waals surface area contributed by atoms with Crippen LogP contribution in [-0.4, -0.2) is 62.9 Å². The fraction of sp³-hybridized carbons (Fsp3) is 0.389. The normalized spacial score (nSPS) is 22.6. The number of nitrogens with one attached hydrogen (secondary N) is 2. The van der Waals surface area contributed by atoms with Crippen LogP contribution in [0.2, 0.25) is 5.02 Å². The summed E-state index contributed by atoms with van der Waals surface area (Å²) >= 11 is 7.74. The molecule has 2 saturated heterocycles. The standard InChI is InChI=1S/C18H21ClN6S/c1-24-5-4-12-9-25(10-16(12)24)18(21)26-17(20)14-3-2-11(6-15(14)19)13-7-22-23-8-13/h2-3,6-8,12,16,20-21H,4-5,9-10H2,1H3,(H,22,23)/p+1. The molecular formula is C18H22ClN6S+. The molecule has 2 aliphatic heterocycles. The minimum absolute atomic E-state index is 0.500. The number of aromatic amines is 1. The van der Waals surface area contributed by atoms with Crippen LogP contribution in [-0.2, 0) is 0 Å². The Morgan fingerprint density at radius 2 is 2.23 bits per heavy atom. The van der Waals surface area contributed by atoms with E-state index in [1.807, 2.05) is 24.4 Å². The van der Waals surface area contributed by atoms with E-state index >= 15 is 0 Å². The van der Waals surface area contributed by atoms with Crippen molar-refractivity contribution >= 4 is 33.6 Å². The Balaban J connectivity index is 1.43. The number of amidine groups is 1. The number of hydrogen-bond donors (Lipinski definition) is 3. The Morgan fingerprint density at radius 3 is 2.92 bits per heavy atom. The molecule has 0 radical (unpaired) electrons. The topological polar surface area (TPSA) is 84.6 Å². The number of likely N-dealkylation sites (tertiary alicyclic amines) is 2. The molecule has 1 aromatic carbocycles. The number of likely N-dealkylation sites (N-methyl/N-ethyl adjacent to an activating group) is 1. The highest BCUT2D eigenvalue weighted by molar-refractivity contribution is 8.26. The lowest BCUT2D eigenvalue weighted by Crippen LogP contribution is -2.41. The van der Waals surface area contributed by atoms with Gasteiger partial charge in [-0.1, -0.05) is 17.7 Å². The first-order valence-corrected chi connectivity index (χ1v) is 9.85. The summed E-state index contributed by atoms with van der Waals surface area (Å²) in [4.78, 5) is 4.54. The molecule has 3 heterocycles. The van der Waals surface area contributed by atoms with E-state index in [1.165, 1.54) is 18.2 Å². The van der Waals surface area contributed by atoms with Gasteiger partial charge in [-0.2, -0.15) is 5.10 Å². The van der Waals surface area contributed by atoms with Crippen LogP contribution in [0, 0.1) is 11.3 Å². The predicted molar refractivity (Wildman–Crippen MR) is 106 cm³/mol. The quantitative estimate of drug-likeness (QED) is 0.537. The molecule has 136 valence electrons. The lowest BCUT2D eigenvalue weighted by atomic mass is 10.1. The van der Waals surface area contributed by atoms with E-state index in [1.54, 1.807) is 6.20 Å². The number of benzene rings is 1. The van der Waals surface area contributed by atoms with Crippen molar-refractivity contribution in [3.8, 4) is 11.1 Å². The monoisotopic (exact) mass is 389 g/mol. The summed E-state index contributed by atoms with van der Waals surface area (Å²) in [6, 6.07) is 6.33. The van der Waals surface area contributed by atoms with Gasteiger partial charge in [-0.25, -0.2) is 5.41 Å². The van der Waals surface area contributed by atoms with Gasteiger partial charge in [0.05, 0.1) is 16.8 Å². The molecule has 2 atom stereocenters. The van der Waals surface area contributed by atoms with E-state index in [4.69, 9.17) is 22.4 Å². The van der Waals surface area contributed by atoms with E-state index in [9.17, 15) is 0 Å². The van der Waals surface area contributed by atoms with E-state index in [0.717, 1.165) is 36.3 Å². The van der Waals surface area contributed by atoms with Crippen LogP contribution in [0.25, 0.3) is 11.1 Å². The second kappa shape index (κ2) is 7.06. The highest BCUT2D eigenvalue weighted by Crippen LogP contribution is 2.32. The van der Waals surface area contributed by atoms with Gasteiger partial charge in [-0.05, 0) is 43.6 Å². The van der Waals surface area contributed by atoms with Gasteiger partial charge >= 0.3 is 0 Å². The van der Waals surface area contributed by atoms with Crippen LogP contribution in [0.1, 0.15) is 12.0 Å². The molecule has 2 fully saturated rings. The average Bonchev–Trinajstić information content (AvgIpc) is 3.33. The highest BCUT2D eigenvalue weighted by atomic mass is 35.5. The maximum absolute atomic E-state index is 8.45. The van der Waals surface area contributed by atoms with Crippen molar-refractivity contribution in [2.45, 2.75) is 12.5 Å². The van der Waals surface area contributed by atoms with Crippen LogP contribution in [0.5, 0.6) is 0 Å². The van der Waals surface area contributed by atoms with Gasteiger partial charge in [-0.15, -0.1) is 0 Å². The third kappa shape index (κ3) is 3.26. The van der Waals surface area contributed by atoms with Crippen molar-refractivity contribution in [2.75, 3.05) is 26.7 Å². The van der Waals surface area contributed by atoms with Crippen LogP contribution in [0.15, 0.2) is 30.6 Å². The molecule has 4 rings (SSSR count). The van der Waals surface area contributed by atoms with Crippen LogP contribution >= 0.6 is 23.4 Å². The van der Waals surface area contributed by atoms with Crippen molar-refractivity contribution in [1.29, 1.82) is 5.41 Å². The summed E-state index contributed by atoms with van der Waals surface area (Å²) in [5.74, 6) is 0.667. The van der Waals surface area contributed by atoms with E-state index in [-0.39, 0.29) is 0 Å². The highest BCUT2D eigenvalue weighted by Gasteiger charge is 2.40. The van der Waals surface area contributed by atoms with Crippen molar-refractivity contribution < 1.29 is 5.41 Å². The molecule has 0 spiro atoms. The number of thioether (sulfide) groups is 1. The molecule has 2 unspecified atom stereocenters. The van der Waals surface area contributed by atoms with Crippen LogP contribution in [0.3, 0.4) is 0 Å². The van der Waals surface area contributed by atoms with E-state index in [0.29, 0.717) is 27.2 Å². The van der Waals surface area contributed by atoms with E-state index in [2.05, 4.69) is 27.0 Å². The van der Waals surface area contributed by atoms with Crippen molar-refractivity contribution in [2.24, 2.45) is 5.92 Å². The predicted octanol–water partition coefficient (Wildman–Crippen LogP) is 1.54. The largest absolute Gasteiger partial charge is 0.349 e. The number of rotatable bonds is 2. The van der Waals surface area contributed by atoms with Gasteiger partial charge in [0.15, 0.2) is 5.17 Å². The van der Waals surface area contributed by atoms with Gasteiger partial charge in [0.1, 0.15) is 0 Å². The van der Waals surface area contributed by atoms with Crippen molar-refractivity contribution in [3.05, 3.63) is 41.2 Å². The molecule has 0 bridgehead atoms. The Morgan fingerprint density at radius 1 is 1.38 bits per heavy atom. The molecule has 8 heteroatoms. The average molecular weight is 390 g/mol. The van der Waals surface area contributed by atoms with Crippen LogP contribution in [0.4, 0.5) is 0 Å². The van der Waals surface area contributed by atoms with Gasteiger partial charge in [0.2, 0.25) is 5.04 Å². The molecule has 1 aromatic heterocycles. The summed E-state index contributed by atoms with van der Waals surface area (Å²) in [5, 5.41) is 23.1. The summed E-state index contributed by atoms with van der Waals surface area (Å²) < 4.78 is 0. The molecule has 2 aromatic rings. The number of nitrogens with two attached hydrogens (primary N) is 1. The molecule has 2 aliphatic rings. The number of halogens is 1. The van der Waals surface area contributed by atoms with Crippen molar-refractivity contribution in [3.63, 3.8) is 0 Å². The minimum atomic E-state index is 0.500. The summed E-state index contributed by atoms with van der Waals surface area (Å²) in [6.45, 7) is 3.02. The smallest absolute Gasteiger partial charge is 0.248 e. The zero-order chi connectivity index (χ0) is 18.3.